The average molecular weight is 302 g/mol. The first-order chi connectivity index (χ1) is 9.56. The number of methoxy groups -OCH3 is 1. The second-order valence-electron chi connectivity index (χ2n) is 3.73. The van der Waals surface area contributed by atoms with Crippen molar-refractivity contribution in [1.29, 1.82) is 0 Å². The lowest BCUT2D eigenvalue weighted by atomic mass is 10.2. The number of anilines is 1. The van der Waals surface area contributed by atoms with Crippen LogP contribution in [-0.4, -0.2) is 43.6 Å². The summed E-state index contributed by atoms with van der Waals surface area (Å²) in [5.74, 6) is 4.69. The van der Waals surface area contributed by atoms with Crippen LogP contribution in [-0.2, 0) is 9.53 Å². The van der Waals surface area contributed by atoms with Crippen molar-refractivity contribution in [3.63, 3.8) is 0 Å². The zero-order valence-corrected chi connectivity index (χ0v) is 11.7. The molecule has 0 aliphatic heterocycles. The zero-order chi connectivity index (χ0) is 15.0. The average Bonchev–Trinajstić information content (AvgIpc) is 2.44. The molecular weight excluding hydrogens is 286 g/mol. The number of nitrogens with one attached hydrogen (secondary N) is 3. The molecule has 8 nitrogen and oxygen atoms in total. The van der Waals surface area contributed by atoms with Gasteiger partial charge in [-0.1, -0.05) is 11.6 Å². The third-order valence-corrected chi connectivity index (χ3v) is 2.44. The van der Waals surface area contributed by atoms with Crippen LogP contribution in [0.15, 0.2) is 12.1 Å². The number of carbonyl (C=O) groups excluding carboxylic acids is 2. The molecule has 5 N–H and O–H groups in total. The summed E-state index contributed by atoms with van der Waals surface area (Å²) in [6.07, 6.45) is 0. The summed E-state index contributed by atoms with van der Waals surface area (Å²) < 4.78 is 4.78. The van der Waals surface area contributed by atoms with Gasteiger partial charge in [0.25, 0.3) is 5.91 Å². The molecule has 1 rings (SSSR count). The molecule has 1 aromatic heterocycles. The molecule has 1 aromatic rings. The van der Waals surface area contributed by atoms with E-state index < -0.39 is 5.91 Å². The van der Waals surface area contributed by atoms with Crippen LogP contribution in [0.3, 0.4) is 0 Å². The zero-order valence-electron chi connectivity index (χ0n) is 10.9. The van der Waals surface area contributed by atoms with Gasteiger partial charge in [-0.3, -0.25) is 9.59 Å². The maximum Gasteiger partial charge on any atom is 0.251 e. The van der Waals surface area contributed by atoms with E-state index in [1.165, 1.54) is 19.2 Å². The van der Waals surface area contributed by atoms with Gasteiger partial charge in [-0.15, -0.1) is 0 Å². The molecule has 1 heterocycles. The number of aromatic nitrogens is 1. The number of nitrogens with zero attached hydrogens (tertiary/aromatic N) is 1. The smallest absolute Gasteiger partial charge is 0.251 e. The SMILES string of the molecule is COCCNC(=O)CNC(=O)c1cc(Cl)nc(NN)c1. The van der Waals surface area contributed by atoms with Gasteiger partial charge in [-0.2, -0.15) is 0 Å². The Kier molecular flexibility index (Phi) is 6.71. The summed E-state index contributed by atoms with van der Waals surface area (Å²) in [7, 11) is 1.53. The van der Waals surface area contributed by atoms with Crippen LogP contribution in [0, 0.1) is 0 Å². The van der Waals surface area contributed by atoms with Crippen molar-refractivity contribution >= 4 is 29.2 Å². The first-order valence-electron chi connectivity index (χ1n) is 5.75. The van der Waals surface area contributed by atoms with E-state index >= 15 is 0 Å². The number of hydrogen-bond donors (Lipinski definition) is 4. The molecule has 0 fully saturated rings. The lowest BCUT2D eigenvalue weighted by Gasteiger charge is -2.08. The number of carbonyl (C=O) groups is 2. The van der Waals surface area contributed by atoms with Crippen molar-refractivity contribution in [3.8, 4) is 0 Å². The van der Waals surface area contributed by atoms with Gasteiger partial charge in [-0.05, 0) is 12.1 Å². The lowest BCUT2D eigenvalue weighted by Crippen LogP contribution is -2.38. The highest BCUT2D eigenvalue weighted by atomic mass is 35.5. The normalized spacial score (nSPS) is 9.95. The van der Waals surface area contributed by atoms with E-state index in [9.17, 15) is 9.59 Å². The molecule has 0 saturated carbocycles. The summed E-state index contributed by atoms with van der Waals surface area (Å²) in [6, 6.07) is 2.80. The van der Waals surface area contributed by atoms with Crippen LogP contribution in [0.2, 0.25) is 5.15 Å². The topological polar surface area (TPSA) is 118 Å². The van der Waals surface area contributed by atoms with Gasteiger partial charge in [0.2, 0.25) is 5.91 Å². The Morgan fingerprint density at radius 1 is 1.40 bits per heavy atom. The highest BCUT2D eigenvalue weighted by molar-refractivity contribution is 6.29. The molecule has 0 atom stereocenters. The van der Waals surface area contributed by atoms with Gasteiger partial charge in [-0.25, -0.2) is 10.8 Å². The van der Waals surface area contributed by atoms with Crippen molar-refractivity contribution in [2.45, 2.75) is 0 Å². The van der Waals surface area contributed by atoms with E-state index in [1.54, 1.807) is 0 Å². The molecule has 0 aliphatic carbocycles. The van der Waals surface area contributed by atoms with Crippen LogP contribution >= 0.6 is 11.6 Å². The molecule has 0 spiro atoms. The fraction of sp³-hybridized carbons (Fsp3) is 0.364. The van der Waals surface area contributed by atoms with Crippen LogP contribution < -0.4 is 21.9 Å². The summed E-state index contributed by atoms with van der Waals surface area (Å²) in [6.45, 7) is 0.645. The summed E-state index contributed by atoms with van der Waals surface area (Å²) in [5, 5.41) is 5.15. The van der Waals surface area contributed by atoms with Crippen LogP contribution in [0.4, 0.5) is 5.82 Å². The molecule has 0 aromatic carbocycles. The van der Waals surface area contributed by atoms with E-state index in [-0.39, 0.29) is 29.0 Å². The second kappa shape index (κ2) is 8.31. The number of nitrogen functional groups attached to an aromatic ring is 1. The molecule has 9 heteroatoms. The Morgan fingerprint density at radius 2 is 2.15 bits per heavy atom. The van der Waals surface area contributed by atoms with Gasteiger partial charge in [0.05, 0.1) is 13.2 Å². The van der Waals surface area contributed by atoms with Crippen molar-refractivity contribution in [1.82, 2.24) is 15.6 Å². The molecule has 0 aliphatic rings. The number of halogens is 1. The van der Waals surface area contributed by atoms with Gasteiger partial charge < -0.3 is 20.8 Å². The van der Waals surface area contributed by atoms with Crippen LogP contribution in [0.1, 0.15) is 10.4 Å². The minimum absolute atomic E-state index is 0.121. The van der Waals surface area contributed by atoms with Gasteiger partial charge in [0.15, 0.2) is 0 Å². The number of pyridine rings is 1. The largest absolute Gasteiger partial charge is 0.383 e. The van der Waals surface area contributed by atoms with Crippen LogP contribution in [0.5, 0.6) is 0 Å². The molecule has 0 bridgehead atoms. The minimum Gasteiger partial charge on any atom is -0.383 e. The third kappa shape index (κ3) is 5.39. The van der Waals surface area contributed by atoms with E-state index in [1.807, 2.05) is 0 Å². The Morgan fingerprint density at radius 3 is 2.80 bits per heavy atom. The number of ether oxygens (including phenoxy) is 1. The standard InChI is InChI=1S/C11H16ClN5O3/c1-20-3-2-14-10(18)6-15-11(19)7-4-8(12)16-9(5-7)17-13/h4-5H,2-3,6,13H2,1H3,(H,14,18)(H,15,19)(H,16,17). The molecule has 0 saturated heterocycles. The maximum atomic E-state index is 11.8. The van der Waals surface area contributed by atoms with Crippen molar-refractivity contribution < 1.29 is 14.3 Å². The van der Waals surface area contributed by atoms with Gasteiger partial charge >= 0.3 is 0 Å². The number of hydrazine groups is 1. The summed E-state index contributed by atoms with van der Waals surface area (Å²) in [4.78, 5) is 27.1. The van der Waals surface area contributed by atoms with E-state index in [2.05, 4.69) is 21.0 Å². The Labute approximate surface area is 121 Å². The monoisotopic (exact) mass is 301 g/mol. The minimum atomic E-state index is -0.451. The molecule has 110 valence electrons. The lowest BCUT2D eigenvalue weighted by molar-refractivity contribution is -0.120. The first kappa shape index (κ1) is 16.2. The summed E-state index contributed by atoms with van der Waals surface area (Å²) in [5.41, 5.74) is 2.55. The highest BCUT2D eigenvalue weighted by Gasteiger charge is 2.10. The van der Waals surface area contributed by atoms with Crippen molar-refractivity contribution in [3.05, 3.63) is 22.8 Å². The molecule has 0 unspecified atom stereocenters. The van der Waals surface area contributed by atoms with Crippen LogP contribution in [0.25, 0.3) is 0 Å². The fourth-order valence-electron chi connectivity index (χ4n) is 1.32. The first-order valence-corrected chi connectivity index (χ1v) is 6.12. The predicted molar refractivity (Wildman–Crippen MR) is 74.3 cm³/mol. The van der Waals surface area contributed by atoms with E-state index in [0.29, 0.717) is 13.2 Å². The molecule has 2 amide bonds. The molecular formula is C11H16ClN5O3. The Bertz CT molecular complexity index is 483. The van der Waals surface area contributed by atoms with Crippen molar-refractivity contribution in [2.24, 2.45) is 5.84 Å². The molecule has 20 heavy (non-hydrogen) atoms. The maximum absolute atomic E-state index is 11.8. The highest BCUT2D eigenvalue weighted by Crippen LogP contribution is 2.13. The molecule has 0 radical (unpaired) electrons. The number of amides is 2. The number of rotatable bonds is 7. The quantitative estimate of drug-likeness (QED) is 0.234. The van der Waals surface area contributed by atoms with Gasteiger partial charge in [0, 0.05) is 19.2 Å². The van der Waals surface area contributed by atoms with Gasteiger partial charge in [0.1, 0.15) is 11.0 Å². The number of nitrogens with two attached hydrogens (primary N) is 1. The van der Waals surface area contributed by atoms with E-state index in [4.69, 9.17) is 22.2 Å². The Balaban J connectivity index is 2.50. The van der Waals surface area contributed by atoms with E-state index in [0.717, 1.165) is 0 Å². The third-order valence-electron chi connectivity index (χ3n) is 2.24. The predicted octanol–water partition coefficient (Wildman–Crippen LogP) is -0.487. The van der Waals surface area contributed by atoms with Crippen molar-refractivity contribution in [2.75, 3.05) is 32.2 Å². The number of hydrogen-bond acceptors (Lipinski definition) is 6. The summed E-state index contributed by atoms with van der Waals surface area (Å²) >= 11 is 5.74. The fourth-order valence-corrected chi connectivity index (χ4v) is 1.53. The Hall–Kier alpha value is -1.90. The second-order valence-corrected chi connectivity index (χ2v) is 4.12.